The Hall–Kier alpha value is -6.90. The number of nitrogens with zero attached hydrogens (tertiary/aromatic N) is 2. The average molecular weight is 865 g/mol. The summed E-state index contributed by atoms with van der Waals surface area (Å²) in [5.74, 6) is 0. The van der Waals surface area contributed by atoms with E-state index in [0.29, 0.717) is 0 Å². The first-order valence-electron chi connectivity index (χ1n) is 24.0. The lowest BCUT2D eigenvalue weighted by molar-refractivity contribution is 1.28. The highest BCUT2D eigenvalue weighted by atomic mass is 15.1. The highest BCUT2D eigenvalue weighted by Crippen LogP contribution is 2.35. The van der Waals surface area contributed by atoms with Crippen LogP contribution >= 0.6 is 0 Å². The van der Waals surface area contributed by atoms with Crippen molar-refractivity contribution in [2.24, 2.45) is 0 Å². The summed E-state index contributed by atoms with van der Waals surface area (Å²) in [6, 6.07) is 69.4. The zero-order valence-electron chi connectivity index (χ0n) is 42.1. The van der Waals surface area contributed by atoms with Crippen molar-refractivity contribution in [1.82, 2.24) is 0 Å². The average Bonchev–Trinajstić information content (AvgIpc) is 3.42. The monoisotopic (exact) mass is 865 g/mol. The van der Waals surface area contributed by atoms with Crippen LogP contribution in [0.15, 0.2) is 231 Å². The van der Waals surface area contributed by atoms with Crippen LogP contribution in [0.25, 0.3) is 18.2 Å². The van der Waals surface area contributed by atoms with Gasteiger partial charge in [-0.1, -0.05) is 259 Å². The maximum atomic E-state index is 2.27. The van der Waals surface area contributed by atoms with Crippen molar-refractivity contribution >= 4 is 52.4 Å². The van der Waals surface area contributed by atoms with Gasteiger partial charge in [-0.05, 0) is 96.4 Å². The molecule has 7 rings (SSSR count). The molecule has 0 heterocycles. The van der Waals surface area contributed by atoms with Gasteiger partial charge in [-0.15, -0.1) is 0 Å². The van der Waals surface area contributed by atoms with E-state index in [2.05, 4.69) is 204 Å². The van der Waals surface area contributed by atoms with Gasteiger partial charge < -0.3 is 9.80 Å². The van der Waals surface area contributed by atoms with E-state index in [4.69, 9.17) is 0 Å². The van der Waals surface area contributed by atoms with Crippen LogP contribution in [0, 0.1) is 0 Å². The maximum absolute atomic E-state index is 2.27. The minimum Gasteiger partial charge on any atom is -0.311 e. The van der Waals surface area contributed by atoms with E-state index >= 15 is 0 Å². The molecule has 0 unspecified atom stereocenters. The van der Waals surface area contributed by atoms with Gasteiger partial charge in [0, 0.05) is 34.1 Å². The van der Waals surface area contributed by atoms with Crippen LogP contribution in [0.1, 0.15) is 107 Å². The van der Waals surface area contributed by atoms with Crippen molar-refractivity contribution in [3.05, 3.63) is 247 Å². The summed E-state index contributed by atoms with van der Waals surface area (Å²) in [5, 5.41) is 0. The van der Waals surface area contributed by atoms with Crippen molar-refractivity contribution in [3.8, 4) is 0 Å². The van der Waals surface area contributed by atoms with Crippen LogP contribution in [0.4, 0.5) is 34.1 Å². The zero-order valence-corrected chi connectivity index (χ0v) is 42.1. The molecule has 0 radical (unpaired) electrons. The molecular weight excluding hydrogens is 785 g/mol. The van der Waals surface area contributed by atoms with Crippen LogP contribution in [-0.2, 0) is 0 Å². The predicted molar refractivity (Wildman–Crippen MR) is 299 cm³/mol. The Bertz CT molecular complexity index is 2110. The van der Waals surface area contributed by atoms with E-state index in [9.17, 15) is 0 Å². The highest BCUT2D eigenvalue weighted by molar-refractivity contribution is 5.78. The third kappa shape index (κ3) is 21.8. The minimum absolute atomic E-state index is 1.14. The Balaban J connectivity index is 0.00000104. The van der Waals surface area contributed by atoms with Crippen LogP contribution < -0.4 is 9.80 Å². The standard InChI is InChI=1S/C28H23N.C23H21N.6C2H6/c1-4-12-24(13-5-1)14-10-11-15-25-20-22-28(23-21-25)29(26-16-6-2-7-17-26)27-18-8-3-9-19-27;1-2-3-6-11-20-16-18-23(19-17-20)24(21-12-7-4-8-13-21)22-14-9-5-10-15-22;6*1-2/h1-23H;2-19H,1H3;6*1-2H3/b14-10+,15-11+;3-2+,11-6+;;;;;;. The van der Waals surface area contributed by atoms with Crippen LogP contribution in [0.2, 0.25) is 0 Å². The third-order valence-electron chi connectivity index (χ3n) is 8.44. The minimum atomic E-state index is 1.14. The maximum Gasteiger partial charge on any atom is 0.0462 e. The number of hydrogen-bond acceptors (Lipinski definition) is 2. The molecule has 0 aliphatic heterocycles. The largest absolute Gasteiger partial charge is 0.311 e. The zero-order chi connectivity index (χ0) is 48.3. The third-order valence-corrected chi connectivity index (χ3v) is 8.44. The molecule has 0 aliphatic carbocycles. The smallest absolute Gasteiger partial charge is 0.0462 e. The van der Waals surface area contributed by atoms with E-state index in [0.717, 1.165) is 34.1 Å². The Morgan fingerprint density at radius 1 is 0.231 bits per heavy atom. The van der Waals surface area contributed by atoms with Gasteiger partial charge in [-0.25, -0.2) is 0 Å². The summed E-state index contributed by atoms with van der Waals surface area (Å²) in [6.07, 6.45) is 16.6. The number of para-hydroxylation sites is 4. The first-order valence-corrected chi connectivity index (χ1v) is 24.0. The second-order valence-electron chi connectivity index (χ2n) is 12.2. The van der Waals surface area contributed by atoms with Gasteiger partial charge >= 0.3 is 0 Å². The van der Waals surface area contributed by atoms with Gasteiger partial charge in [0.15, 0.2) is 0 Å². The molecule has 0 aromatic heterocycles. The van der Waals surface area contributed by atoms with Gasteiger partial charge in [0.2, 0.25) is 0 Å². The second kappa shape index (κ2) is 39.9. The number of anilines is 6. The molecular formula is C63H80N2. The van der Waals surface area contributed by atoms with E-state index in [-0.39, 0.29) is 0 Å². The summed E-state index contributed by atoms with van der Waals surface area (Å²) in [5.41, 5.74) is 10.5. The molecule has 0 fully saturated rings. The van der Waals surface area contributed by atoms with Crippen LogP contribution in [0.3, 0.4) is 0 Å². The fraction of sp³-hybridized carbons (Fsp3) is 0.206. The highest BCUT2D eigenvalue weighted by Gasteiger charge is 2.12. The molecule has 2 heteroatoms. The molecule has 0 spiro atoms. The number of benzene rings is 7. The van der Waals surface area contributed by atoms with Crippen molar-refractivity contribution < 1.29 is 0 Å². The summed E-state index contributed by atoms with van der Waals surface area (Å²) in [6.45, 7) is 26.0. The molecule has 65 heavy (non-hydrogen) atoms. The molecule has 342 valence electrons. The molecule has 0 saturated heterocycles. The lowest BCUT2D eigenvalue weighted by Gasteiger charge is -2.25. The first kappa shape index (κ1) is 58.1. The van der Waals surface area contributed by atoms with Gasteiger partial charge in [0.25, 0.3) is 0 Å². The fourth-order valence-electron chi connectivity index (χ4n) is 5.85. The summed E-state index contributed by atoms with van der Waals surface area (Å²) in [4.78, 5) is 4.53. The SMILES string of the molecule is C(/C=C/c1ccc(N(c2ccccc2)c2ccccc2)cc1)=C\c1ccccc1.C/C=C/C=C/c1ccc(N(c2ccccc2)c2ccccc2)cc1.CC.CC.CC.CC.CC.CC. The molecule has 0 bridgehead atoms. The lowest BCUT2D eigenvalue weighted by atomic mass is 10.1. The molecule has 0 N–H and O–H groups in total. The van der Waals surface area contributed by atoms with E-state index in [1.807, 2.05) is 145 Å². The van der Waals surface area contributed by atoms with E-state index < -0.39 is 0 Å². The molecule has 0 aliphatic rings. The Labute approximate surface area is 397 Å². The molecule has 0 atom stereocenters. The Kier molecular flexibility index (Phi) is 35.7. The Morgan fingerprint density at radius 2 is 0.431 bits per heavy atom. The Morgan fingerprint density at radius 3 is 0.677 bits per heavy atom. The topological polar surface area (TPSA) is 6.48 Å². The lowest BCUT2D eigenvalue weighted by Crippen LogP contribution is -2.09. The molecule has 7 aromatic rings. The molecule has 2 nitrogen and oxygen atoms in total. The molecule has 0 saturated carbocycles. The van der Waals surface area contributed by atoms with Crippen molar-refractivity contribution in [2.75, 3.05) is 9.80 Å². The predicted octanol–water partition coefficient (Wildman–Crippen LogP) is 20.8. The number of rotatable bonds is 11. The normalized spacial score (nSPS) is 9.68. The fourth-order valence-corrected chi connectivity index (χ4v) is 5.85. The van der Waals surface area contributed by atoms with Crippen molar-refractivity contribution in [3.63, 3.8) is 0 Å². The van der Waals surface area contributed by atoms with E-state index in [1.165, 1.54) is 16.7 Å². The van der Waals surface area contributed by atoms with Crippen LogP contribution in [-0.4, -0.2) is 0 Å². The van der Waals surface area contributed by atoms with Gasteiger partial charge in [-0.3, -0.25) is 0 Å². The second-order valence-corrected chi connectivity index (χ2v) is 12.2. The van der Waals surface area contributed by atoms with Gasteiger partial charge in [0.05, 0.1) is 0 Å². The quantitative estimate of drug-likeness (QED) is 0.120. The van der Waals surface area contributed by atoms with Crippen molar-refractivity contribution in [2.45, 2.75) is 90.0 Å². The first-order chi connectivity index (χ1) is 32.3. The van der Waals surface area contributed by atoms with Gasteiger partial charge in [0.1, 0.15) is 0 Å². The van der Waals surface area contributed by atoms with Crippen LogP contribution in [0.5, 0.6) is 0 Å². The molecule has 0 amide bonds. The summed E-state index contributed by atoms with van der Waals surface area (Å²) in [7, 11) is 0. The number of allylic oxidation sites excluding steroid dienone is 5. The summed E-state index contributed by atoms with van der Waals surface area (Å²) < 4.78 is 0. The summed E-state index contributed by atoms with van der Waals surface area (Å²) >= 11 is 0. The van der Waals surface area contributed by atoms with Crippen molar-refractivity contribution in [1.29, 1.82) is 0 Å². The number of hydrogen-bond donors (Lipinski definition) is 0. The van der Waals surface area contributed by atoms with Gasteiger partial charge in [-0.2, -0.15) is 0 Å². The van der Waals surface area contributed by atoms with E-state index in [1.54, 1.807) is 0 Å². The molecule has 7 aromatic carbocycles.